The number of rotatable bonds is 1. The number of hydrogen-bond donors (Lipinski definition) is 1. The van der Waals surface area contributed by atoms with Gasteiger partial charge in [0.2, 0.25) is 0 Å². The molecular formula is C15H12BrCl2NO. The van der Waals surface area contributed by atoms with Gasteiger partial charge in [-0.25, -0.2) is 0 Å². The van der Waals surface area contributed by atoms with E-state index < -0.39 is 0 Å². The lowest BCUT2D eigenvalue weighted by molar-refractivity contribution is 0.161. The van der Waals surface area contributed by atoms with Gasteiger partial charge in [-0.1, -0.05) is 45.2 Å². The number of ether oxygens (including phenoxy) is 1. The molecule has 1 aliphatic rings. The van der Waals surface area contributed by atoms with Crippen LogP contribution in [0.3, 0.4) is 0 Å². The van der Waals surface area contributed by atoms with E-state index in [1.54, 1.807) is 6.07 Å². The third kappa shape index (κ3) is 2.68. The van der Waals surface area contributed by atoms with Crippen LogP contribution in [0.1, 0.15) is 29.7 Å². The van der Waals surface area contributed by atoms with Gasteiger partial charge in [0.15, 0.2) is 0 Å². The van der Waals surface area contributed by atoms with Crippen LogP contribution in [0.15, 0.2) is 40.9 Å². The Morgan fingerprint density at radius 1 is 1.10 bits per heavy atom. The normalized spacial score (nSPS) is 21.2. The predicted octanol–water partition coefficient (Wildman–Crippen LogP) is 5.28. The van der Waals surface area contributed by atoms with Gasteiger partial charge in [0.25, 0.3) is 0 Å². The van der Waals surface area contributed by atoms with E-state index in [1.165, 1.54) is 0 Å². The van der Waals surface area contributed by atoms with E-state index in [9.17, 15) is 0 Å². The monoisotopic (exact) mass is 371 g/mol. The van der Waals surface area contributed by atoms with Gasteiger partial charge in [0, 0.05) is 38.1 Å². The molecule has 104 valence electrons. The molecule has 0 fully saturated rings. The third-order valence-corrected chi connectivity index (χ3v) is 4.47. The fraction of sp³-hybridized carbons (Fsp3) is 0.200. The molecule has 5 heteroatoms. The fourth-order valence-corrected chi connectivity index (χ4v) is 3.34. The van der Waals surface area contributed by atoms with Gasteiger partial charge < -0.3 is 10.5 Å². The molecule has 20 heavy (non-hydrogen) atoms. The van der Waals surface area contributed by atoms with Crippen LogP contribution >= 0.6 is 39.1 Å². The molecule has 3 rings (SSSR count). The van der Waals surface area contributed by atoms with Crippen molar-refractivity contribution in [2.75, 3.05) is 0 Å². The largest absolute Gasteiger partial charge is 0.485 e. The first-order chi connectivity index (χ1) is 9.54. The number of halogens is 3. The molecule has 2 nitrogen and oxygen atoms in total. The van der Waals surface area contributed by atoms with Crippen molar-refractivity contribution in [2.24, 2.45) is 5.73 Å². The van der Waals surface area contributed by atoms with Gasteiger partial charge in [-0.3, -0.25) is 0 Å². The number of fused-ring (bicyclic) bond motifs is 1. The summed E-state index contributed by atoms with van der Waals surface area (Å²) in [5.74, 6) is 0.808. The van der Waals surface area contributed by atoms with Crippen LogP contribution in [0.5, 0.6) is 5.75 Å². The number of benzene rings is 2. The molecule has 0 radical (unpaired) electrons. The molecule has 2 aromatic rings. The molecule has 2 N–H and O–H groups in total. The van der Waals surface area contributed by atoms with E-state index in [0.717, 1.165) is 21.3 Å². The maximum atomic E-state index is 6.25. The molecule has 0 saturated heterocycles. The average molecular weight is 373 g/mol. The van der Waals surface area contributed by atoms with E-state index >= 15 is 0 Å². The van der Waals surface area contributed by atoms with Gasteiger partial charge >= 0.3 is 0 Å². The highest BCUT2D eigenvalue weighted by molar-refractivity contribution is 9.10. The molecule has 0 aromatic heterocycles. The van der Waals surface area contributed by atoms with Crippen molar-refractivity contribution in [1.29, 1.82) is 0 Å². The highest BCUT2D eigenvalue weighted by Crippen LogP contribution is 2.42. The lowest BCUT2D eigenvalue weighted by Crippen LogP contribution is -2.24. The zero-order valence-corrected chi connectivity index (χ0v) is 13.5. The Kier molecular flexibility index (Phi) is 3.95. The summed E-state index contributed by atoms with van der Waals surface area (Å²) in [4.78, 5) is 0. The van der Waals surface area contributed by atoms with Gasteiger partial charge in [-0.2, -0.15) is 0 Å². The van der Waals surface area contributed by atoms with E-state index in [-0.39, 0.29) is 12.1 Å². The highest BCUT2D eigenvalue weighted by atomic mass is 79.9. The Morgan fingerprint density at radius 2 is 1.90 bits per heavy atom. The van der Waals surface area contributed by atoms with E-state index in [2.05, 4.69) is 15.9 Å². The first-order valence-corrected chi connectivity index (χ1v) is 7.76. The zero-order valence-electron chi connectivity index (χ0n) is 10.4. The summed E-state index contributed by atoms with van der Waals surface area (Å²) in [5.41, 5.74) is 8.18. The van der Waals surface area contributed by atoms with Crippen LogP contribution in [0.2, 0.25) is 10.0 Å². The second-order valence-corrected chi connectivity index (χ2v) is 6.56. The van der Waals surface area contributed by atoms with Crippen LogP contribution in [0.25, 0.3) is 0 Å². The van der Waals surface area contributed by atoms with Crippen molar-refractivity contribution in [1.82, 2.24) is 0 Å². The first-order valence-electron chi connectivity index (χ1n) is 6.21. The Bertz CT molecular complexity index is 662. The van der Waals surface area contributed by atoms with Crippen molar-refractivity contribution < 1.29 is 4.74 Å². The van der Waals surface area contributed by atoms with Crippen molar-refractivity contribution in [3.8, 4) is 5.75 Å². The summed E-state index contributed by atoms with van der Waals surface area (Å²) in [7, 11) is 0. The molecule has 0 saturated carbocycles. The van der Waals surface area contributed by atoms with Crippen LogP contribution in [0, 0.1) is 0 Å². The molecule has 2 unspecified atom stereocenters. The summed E-state index contributed by atoms with van der Waals surface area (Å²) in [6.07, 6.45) is 0.536. The first kappa shape index (κ1) is 14.2. The third-order valence-electron chi connectivity index (χ3n) is 3.42. The van der Waals surface area contributed by atoms with Crippen LogP contribution < -0.4 is 10.5 Å². The molecule has 1 aliphatic heterocycles. The van der Waals surface area contributed by atoms with Gasteiger partial charge in [0.1, 0.15) is 11.9 Å². The predicted molar refractivity (Wildman–Crippen MR) is 85.5 cm³/mol. The van der Waals surface area contributed by atoms with Crippen molar-refractivity contribution in [3.63, 3.8) is 0 Å². The fourth-order valence-electron chi connectivity index (χ4n) is 2.43. The van der Waals surface area contributed by atoms with Crippen molar-refractivity contribution in [2.45, 2.75) is 18.6 Å². The molecule has 2 atom stereocenters. The van der Waals surface area contributed by atoms with Gasteiger partial charge in [0.05, 0.1) is 0 Å². The number of nitrogens with two attached hydrogens (primary N) is 1. The zero-order chi connectivity index (χ0) is 14.3. The minimum atomic E-state index is -0.150. The molecule has 0 bridgehead atoms. The highest BCUT2D eigenvalue weighted by Gasteiger charge is 2.28. The Morgan fingerprint density at radius 3 is 2.65 bits per heavy atom. The van der Waals surface area contributed by atoms with E-state index in [1.807, 2.05) is 30.3 Å². The Labute approximate surface area is 136 Å². The smallest absolute Gasteiger partial charge is 0.127 e. The van der Waals surface area contributed by atoms with Crippen molar-refractivity contribution >= 4 is 39.1 Å². The maximum Gasteiger partial charge on any atom is 0.127 e. The Balaban J connectivity index is 1.97. The van der Waals surface area contributed by atoms with E-state index in [4.69, 9.17) is 33.7 Å². The maximum absolute atomic E-state index is 6.25. The molecule has 2 aromatic carbocycles. The van der Waals surface area contributed by atoms with Gasteiger partial charge in [-0.05, 0) is 30.3 Å². The number of hydrogen-bond acceptors (Lipinski definition) is 2. The standard InChI is InChI=1S/C15H12BrCl2NO/c16-8-1-4-14-11(5-8)13(19)7-15(20-14)10-3-2-9(17)6-12(10)18/h1-6,13,15H,7,19H2. The second-order valence-electron chi connectivity index (χ2n) is 4.80. The minimum absolute atomic E-state index is 0.0759. The lowest BCUT2D eigenvalue weighted by Gasteiger charge is -2.31. The summed E-state index contributed by atoms with van der Waals surface area (Å²) < 4.78 is 7.03. The quantitative estimate of drug-likeness (QED) is 0.738. The van der Waals surface area contributed by atoms with Crippen molar-refractivity contribution in [3.05, 3.63) is 62.0 Å². The molecular weight excluding hydrogens is 361 g/mol. The molecule has 1 heterocycles. The SMILES string of the molecule is NC1CC(c2ccc(Cl)cc2Cl)Oc2ccc(Br)cc21. The summed E-state index contributed by atoms with van der Waals surface area (Å²) >= 11 is 15.6. The van der Waals surface area contributed by atoms with E-state index in [0.29, 0.717) is 16.5 Å². The lowest BCUT2D eigenvalue weighted by atomic mass is 9.93. The van der Waals surface area contributed by atoms with Crippen LogP contribution in [-0.2, 0) is 0 Å². The van der Waals surface area contributed by atoms with Crippen LogP contribution in [-0.4, -0.2) is 0 Å². The summed E-state index contributed by atoms with van der Waals surface area (Å²) in [5, 5.41) is 1.22. The van der Waals surface area contributed by atoms with Crippen LogP contribution in [0.4, 0.5) is 0 Å². The molecule has 0 spiro atoms. The molecule has 0 amide bonds. The summed E-state index contributed by atoms with van der Waals surface area (Å²) in [6, 6.07) is 11.2. The topological polar surface area (TPSA) is 35.2 Å². The second kappa shape index (κ2) is 5.57. The Hall–Kier alpha value is -0.740. The minimum Gasteiger partial charge on any atom is -0.485 e. The summed E-state index contributed by atoms with van der Waals surface area (Å²) in [6.45, 7) is 0. The average Bonchev–Trinajstić information content (AvgIpc) is 2.39. The molecule has 0 aliphatic carbocycles. The van der Waals surface area contributed by atoms with Gasteiger partial charge in [-0.15, -0.1) is 0 Å².